The third-order valence-corrected chi connectivity index (χ3v) is 6.96. The van der Waals surface area contributed by atoms with Gasteiger partial charge in [-0.3, -0.25) is 0 Å². The smallest absolute Gasteiger partial charge is 0.204 e. The standard InChI is InChI=1S/C25H32F2O2/c1-2-17-5-9-20(10-6-17)21-11-7-19(8-12-21)16-29-23-14-13-22(24(26)25(23)27)28-15-18-3-4-18/h2,7,13-14,17-18,20-21H,1,3-6,8-12,15-16H2/t17?,20?,21-/m0/s1. The molecule has 2 nitrogen and oxygen atoms in total. The molecule has 0 unspecified atom stereocenters. The second-order valence-electron chi connectivity index (χ2n) is 9.04. The molecule has 0 saturated heterocycles. The van der Waals surface area contributed by atoms with E-state index in [2.05, 4.69) is 18.7 Å². The van der Waals surface area contributed by atoms with Crippen LogP contribution in [0.1, 0.15) is 57.8 Å². The fourth-order valence-corrected chi connectivity index (χ4v) is 4.72. The summed E-state index contributed by atoms with van der Waals surface area (Å²) < 4.78 is 39.5. The summed E-state index contributed by atoms with van der Waals surface area (Å²) in [5.41, 5.74) is 1.19. The number of hydrogen-bond donors (Lipinski definition) is 0. The molecule has 1 aromatic rings. The maximum absolute atomic E-state index is 14.3. The van der Waals surface area contributed by atoms with Gasteiger partial charge in [-0.1, -0.05) is 12.2 Å². The van der Waals surface area contributed by atoms with E-state index in [4.69, 9.17) is 9.47 Å². The van der Waals surface area contributed by atoms with Crippen molar-refractivity contribution in [2.45, 2.75) is 57.8 Å². The molecule has 2 fully saturated rings. The highest BCUT2D eigenvalue weighted by Crippen LogP contribution is 2.40. The number of benzene rings is 1. The first-order valence-corrected chi connectivity index (χ1v) is 11.2. The van der Waals surface area contributed by atoms with Gasteiger partial charge >= 0.3 is 0 Å². The van der Waals surface area contributed by atoms with Crippen molar-refractivity contribution in [1.29, 1.82) is 0 Å². The third kappa shape index (κ3) is 5.21. The minimum absolute atomic E-state index is 0.0207. The lowest BCUT2D eigenvalue weighted by Gasteiger charge is -2.34. The van der Waals surface area contributed by atoms with Crippen LogP contribution in [-0.2, 0) is 0 Å². The zero-order chi connectivity index (χ0) is 20.2. The van der Waals surface area contributed by atoms with Crippen LogP contribution in [0.15, 0.2) is 36.4 Å². The van der Waals surface area contributed by atoms with Crippen LogP contribution in [0.2, 0.25) is 0 Å². The van der Waals surface area contributed by atoms with E-state index >= 15 is 0 Å². The van der Waals surface area contributed by atoms with E-state index in [9.17, 15) is 8.78 Å². The summed E-state index contributed by atoms with van der Waals surface area (Å²) >= 11 is 0. The first kappa shape index (κ1) is 20.4. The molecule has 29 heavy (non-hydrogen) atoms. The van der Waals surface area contributed by atoms with Gasteiger partial charge in [0.2, 0.25) is 11.6 Å². The van der Waals surface area contributed by atoms with Crippen molar-refractivity contribution in [1.82, 2.24) is 0 Å². The van der Waals surface area contributed by atoms with E-state index in [1.54, 1.807) is 0 Å². The number of hydrogen-bond acceptors (Lipinski definition) is 2. The largest absolute Gasteiger partial charge is 0.490 e. The Morgan fingerprint density at radius 3 is 2.17 bits per heavy atom. The molecule has 4 rings (SSSR count). The lowest BCUT2D eigenvalue weighted by atomic mass is 9.71. The fourth-order valence-electron chi connectivity index (χ4n) is 4.72. The van der Waals surface area contributed by atoms with Crippen LogP contribution < -0.4 is 9.47 Å². The first-order chi connectivity index (χ1) is 14.1. The van der Waals surface area contributed by atoms with Crippen LogP contribution in [-0.4, -0.2) is 13.2 Å². The Labute approximate surface area is 173 Å². The van der Waals surface area contributed by atoms with Crippen molar-refractivity contribution in [3.63, 3.8) is 0 Å². The minimum atomic E-state index is -0.952. The first-order valence-electron chi connectivity index (χ1n) is 11.2. The molecule has 0 heterocycles. The molecular weight excluding hydrogens is 370 g/mol. The van der Waals surface area contributed by atoms with E-state index in [0.717, 1.165) is 37.5 Å². The Morgan fingerprint density at radius 1 is 0.897 bits per heavy atom. The van der Waals surface area contributed by atoms with Crippen molar-refractivity contribution in [3.8, 4) is 11.5 Å². The van der Waals surface area contributed by atoms with Gasteiger partial charge < -0.3 is 9.47 Å². The Hall–Kier alpha value is -1.84. The predicted molar refractivity (Wildman–Crippen MR) is 111 cm³/mol. The van der Waals surface area contributed by atoms with Crippen LogP contribution in [0, 0.1) is 35.3 Å². The van der Waals surface area contributed by atoms with E-state index in [-0.39, 0.29) is 11.5 Å². The second-order valence-corrected chi connectivity index (χ2v) is 9.04. The maximum Gasteiger partial charge on any atom is 0.204 e. The maximum atomic E-state index is 14.3. The van der Waals surface area contributed by atoms with Gasteiger partial charge in [0.1, 0.15) is 6.61 Å². The zero-order valence-electron chi connectivity index (χ0n) is 17.2. The Bertz CT molecular complexity index is 745. The van der Waals surface area contributed by atoms with Crippen molar-refractivity contribution in [2.75, 3.05) is 13.2 Å². The lowest BCUT2D eigenvalue weighted by molar-refractivity contribution is 0.206. The van der Waals surface area contributed by atoms with Gasteiger partial charge in [0.05, 0.1) is 6.61 Å². The normalized spacial score (nSPS) is 27.2. The van der Waals surface area contributed by atoms with E-state index in [1.165, 1.54) is 49.8 Å². The highest BCUT2D eigenvalue weighted by atomic mass is 19.2. The molecular formula is C25H32F2O2. The molecule has 0 aromatic heterocycles. The molecule has 4 heteroatoms. The molecule has 0 spiro atoms. The van der Waals surface area contributed by atoms with Crippen LogP contribution in [0.3, 0.4) is 0 Å². The summed E-state index contributed by atoms with van der Waals surface area (Å²) in [6, 6.07) is 2.95. The highest BCUT2D eigenvalue weighted by Gasteiger charge is 2.28. The summed E-state index contributed by atoms with van der Waals surface area (Å²) in [5, 5.41) is 0. The van der Waals surface area contributed by atoms with Crippen molar-refractivity contribution in [3.05, 3.63) is 48.1 Å². The van der Waals surface area contributed by atoms with Gasteiger partial charge in [-0.05, 0) is 99.2 Å². The molecule has 0 radical (unpaired) electrons. The average Bonchev–Trinajstić information content (AvgIpc) is 3.59. The van der Waals surface area contributed by atoms with Crippen molar-refractivity contribution < 1.29 is 18.3 Å². The predicted octanol–water partition coefficient (Wildman–Crippen LogP) is 6.85. The fraction of sp³-hybridized carbons (Fsp3) is 0.600. The highest BCUT2D eigenvalue weighted by molar-refractivity contribution is 5.35. The van der Waals surface area contributed by atoms with Gasteiger partial charge in [-0.15, -0.1) is 6.58 Å². The molecule has 0 N–H and O–H groups in total. The monoisotopic (exact) mass is 402 g/mol. The number of allylic oxidation sites excluding steroid dienone is 2. The molecule has 3 aliphatic carbocycles. The molecule has 1 atom stereocenters. The summed E-state index contributed by atoms with van der Waals surface area (Å²) in [6.07, 6.45) is 15.0. The van der Waals surface area contributed by atoms with Crippen LogP contribution in [0.5, 0.6) is 11.5 Å². The summed E-state index contributed by atoms with van der Waals surface area (Å²) in [6.45, 7) is 4.72. The number of halogens is 2. The molecule has 1 aromatic carbocycles. The molecule has 0 amide bonds. The van der Waals surface area contributed by atoms with Crippen LogP contribution in [0.25, 0.3) is 0 Å². The SMILES string of the molecule is C=CC1CCC([C@H]2CC=C(COc3ccc(OCC4CC4)c(F)c3F)CC2)CC1. The van der Waals surface area contributed by atoms with E-state index < -0.39 is 11.6 Å². The summed E-state index contributed by atoms with van der Waals surface area (Å²) in [5.74, 6) is 0.811. The quantitative estimate of drug-likeness (QED) is 0.443. The van der Waals surface area contributed by atoms with Crippen molar-refractivity contribution >= 4 is 0 Å². The Morgan fingerprint density at radius 2 is 1.59 bits per heavy atom. The topological polar surface area (TPSA) is 18.5 Å². The average molecular weight is 403 g/mol. The van der Waals surface area contributed by atoms with E-state index in [1.807, 2.05) is 0 Å². The summed E-state index contributed by atoms with van der Waals surface area (Å²) in [7, 11) is 0. The lowest BCUT2D eigenvalue weighted by Crippen LogP contribution is -2.23. The molecule has 3 aliphatic rings. The van der Waals surface area contributed by atoms with Crippen molar-refractivity contribution in [2.24, 2.45) is 23.7 Å². The summed E-state index contributed by atoms with van der Waals surface area (Å²) in [4.78, 5) is 0. The van der Waals surface area contributed by atoms with Gasteiger partial charge in [-0.2, -0.15) is 8.78 Å². The van der Waals surface area contributed by atoms with Crippen LogP contribution >= 0.6 is 0 Å². The van der Waals surface area contributed by atoms with Gasteiger partial charge in [0, 0.05) is 0 Å². The molecule has 0 bridgehead atoms. The Kier molecular flexibility index (Phi) is 6.56. The third-order valence-electron chi connectivity index (χ3n) is 6.96. The second kappa shape index (κ2) is 9.32. The number of ether oxygens (including phenoxy) is 2. The minimum Gasteiger partial charge on any atom is -0.490 e. The van der Waals surface area contributed by atoms with E-state index in [0.29, 0.717) is 25.0 Å². The molecule has 2 saturated carbocycles. The van der Waals surface area contributed by atoms with Gasteiger partial charge in [0.15, 0.2) is 11.5 Å². The molecule has 0 aliphatic heterocycles. The zero-order valence-corrected chi connectivity index (χ0v) is 17.2. The molecule has 158 valence electrons. The Balaban J connectivity index is 1.26. The number of rotatable bonds is 8. The van der Waals surface area contributed by atoms with Gasteiger partial charge in [0.25, 0.3) is 0 Å². The van der Waals surface area contributed by atoms with Crippen LogP contribution in [0.4, 0.5) is 8.78 Å². The van der Waals surface area contributed by atoms with Gasteiger partial charge in [-0.25, -0.2) is 0 Å².